The van der Waals surface area contributed by atoms with E-state index in [2.05, 4.69) is 15.3 Å². The average molecular weight is 362 g/mol. The number of carbonyl (C=O) groups is 1. The third kappa shape index (κ3) is 3.36. The van der Waals surface area contributed by atoms with Gasteiger partial charge in [-0.05, 0) is 37.5 Å². The molecular weight excluding hydrogens is 340 g/mol. The van der Waals surface area contributed by atoms with Crippen LogP contribution in [0.1, 0.15) is 24.2 Å². The van der Waals surface area contributed by atoms with Gasteiger partial charge in [-0.3, -0.25) is 9.36 Å². The van der Waals surface area contributed by atoms with Crippen LogP contribution in [-0.4, -0.2) is 33.7 Å². The van der Waals surface area contributed by atoms with Gasteiger partial charge in [-0.25, -0.2) is 9.97 Å². The third-order valence-corrected chi connectivity index (χ3v) is 5.19. The van der Waals surface area contributed by atoms with E-state index in [4.69, 9.17) is 4.74 Å². The number of carbonyl (C=O) groups excluding carboxylic acids is 1. The van der Waals surface area contributed by atoms with Crippen LogP contribution in [0.25, 0.3) is 5.82 Å². The maximum atomic E-state index is 13.2. The Morgan fingerprint density at radius 2 is 1.89 bits per heavy atom. The molecule has 0 saturated carbocycles. The van der Waals surface area contributed by atoms with Gasteiger partial charge in [-0.2, -0.15) is 0 Å². The minimum atomic E-state index is -0.570. The topological polar surface area (TPSA) is 69.0 Å². The van der Waals surface area contributed by atoms with E-state index in [0.29, 0.717) is 31.7 Å². The second kappa shape index (κ2) is 7.32. The lowest BCUT2D eigenvalue weighted by Crippen LogP contribution is -2.44. The number of pyridine rings is 1. The molecule has 3 heterocycles. The fraction of sp³-hybridized carbons (Fsp3) is 0.286. The zero-order valence-electron chi connectivity index (χ0n) is 15.3. The molecule has 6 nitrogen and oxygen atoms in total. The van der Waals surface area contributed by atoms with E-state index < -0.39 is 5.41 Å². The lowest BCUT2D eigenvalue weighted by Gasteiger charge is -2.36. The Hall–Kier alpha value is -2.99. The minimum Gasteiger partial charge on any atom is -0.381 e. The first kappa shape index (κ1) is 17.4. The number of nitrogens with zero attached hydrogens (tertiary/aromatic N) is 3. The molecule has 1 amide bonds. The number of benzene rings is 1. The van der Waals surface area contributed by atoms with E-state index in [0.717, 1.165) is 17.2 Å². The van der Waals surface area contributed by atoms with Crippen LogP contribution < -0.4 is 5.32 Å². The number of rotatable bonds is 4. The van der Waals surface area contributed by atoms with E-state index in [1.807, 2.05) is 60.2 Å². The minimum absolute atomic E-state index is 0.00892. The summed E-state index contributed by atoms with van der Waals surface area (Å²) < 4.78 is 7.41. The van der Waals surface area contributed by atoms with Crippen molar-refractivity contribution in [2.45, 2.75) is 25.2 Å². The van der Waals surface area contributed by atoms with Crippen molar-refractivity contribution < 1.29 is 9.53 Å². The van der Waals surface area contributed by atoms with E-state index in [1.54, 1.807) is 12.4 Å². The van der Waals surface area contributed by atoms with Crippen LogP contribution in [0.2, 0.25) is 0 Å². The molecule has 0 aliphatic carbocycles. The zero-order valence-corrected chi connectivity index (χ0v) is 15.3. The summed E-state index contributed by atoms with van der Waals surface area (Å²) in [6.07, 6.45) is 6.62. The number of aryl methyl sites for hydroxylation is 1. The van der Waals surface area contributed by atoms with E-state index in [9.17, 15) is 4.79 Å². The van der Waals surface area contributed by atoms with Gasteiger partial charge in [0.2, 0.25) is 5.91 Å². The van der Waals surface area contributed by atoms with Crippen molar-refractivity contribution in [2.75, 3.05) is 18.5 Å². The van der Waals surface area contributed by atoms with Crippen LogP contribution in [0.4, 0.5) is 5.69 Å². The molecular formula is C21H22N4O2. The molecule has 27 heavy (non-hydrogen) atoms. The van der Waals surface area contributed by atoms with Crippen molar-refractivity contribution in [1.82, 2.24) is 14.5 Å². The number of amides is 1. The molecule has 0 unspecified atom stereocenters. The van der Waals surface area contributed by atoms with Crippen molar-refractivity contribution in [3.63, 3.8) is 0 Å². The molecule has 1 aromatic carbocycles. The van der Waals surface area contributed by atoms with Crippen molar-refractivity contribution in [2.24, 2.45) is 0 Å². The Labute approximate surface area is 158 Å². The lowest BCUT2D eigenvalue weighted by molar-refractivity contribution is -0.125. The molecule has 1 fully saturated rings. The molecule has 1 saturated heterocycles. The molecule has 0 spiro atoms. The molecule has 1 aliphatic heterocycles. The molecule has 1 N–H and O–H groups in total. The Morgan fingerprint density at radius 3 is 2.52 bits per heavy atom. The molecule has 4 rings (SSSR count). The maximum absolute atomic E-state index is 13.2. The summed E-state index contributed by atoms with van der Waals surface area (Å²) >= 11 is 0. The first-order chi connectivity index (χ1) is 13.2. The highest BCUT2D eigenvalue weighted by Crippen LogP contribution is 2.36. The molecule has 2 aromatic heterocycles. The van der Waals surface area contributed by atoms with Crippen molar-refractivity contribution in [1.29, 1.82) is 0 Å². The van der Waals surface area contributed by atoms with Crippen LogP contribution in [-0.2, 0) is 14.9 Å². The van der Waals surface area contributed by atoms with Crippen LogP contribution in [0, 0.1) is 6.92 Å². The van der Waals surface area contributed by atoms with Gasteiger partial charge in [-0.1, -0.05) is 30.3 Å². The Balaban J connectivity index is 1.57. The van der Waals surface area contributed by atoms with Gasteiger partial charge in [0.25, 0.3) is 0 Å². The quantitative estimate of drug-likeness (QED) is 0.773. The van der Waals surface area contributed by atoms with Crippen molar-refractivity contribution in [3.8, 4) is 5.82 Å². The number of aromatic nitrogens is 3. The summed E-state index contributed by atoms with van der Waals surface area (Å²) in [5.74, 6) is 1.63. The van der Waals surface area contributed by atoms with Crippen LogP contribution >= 0.6 is 0 Å². The summed E-state index contributed by atoms with van der Waals surface area (Å²) in [4.78, 5) is 21.9. The number of anilines is 1. The van der Waals surface area contributed by atoms with E-state index in [-0.39, 0.29) is 5.91 Å². The normalized spacial score (nSPS) is 16.0. The Bertz CT molecular complexity index is 913. The van der Waals surface area contributed by atoms with Gasteiger partial charge in [0, 0.05) is 25.6 Å². The smallest absolute Gasteiger partial charge is 0.235 e. The van der Waals surface area contributed by atoms with Crippen LogP contribution in [0.5, 0.6) is 0 Å². The van der Waals surface area contributed by atoms with Gasteiger partial charge >= 0.3 is 0 Å². The highest BCUT2D eigenvalue weighted by atomic mass is 16.5. The first-order valence-electron chi connectivity index (χ1n) is 9.10. The third-order valence-electron chi connectivity index (χ3n) is 5.19. The van der Waals surface area contributed by atoms with Gasteiger partial charge in [0.1, 0.15) is 11.6 Å². The fourth-order valence-corrected chi connectivity index (χ4v) is 3.60. The Kier molecular flexibility index (Phi) is 4.73. The number of hydrogen-bond donors (Lipinski definition) is 1. The first-order valence-corrected chi connectivity index (χ1v) is 9.10. The number of nitrogens with one attached hydrogen (secondary N) is 1. The van der Waals surface area contributed by atoms with Crippen molar-refractivity contribution >= 4 is 11.6 Å². The molecule has 0 radical (unpaired) electrons. The zero-order chi connectivity index (χ0) is 18.7. The molecule has 6 heteroatoms. The monoisotopic (exact) mass is 362 g/mol. The summed E-state index contributed by atoms with van der Waals surface area (Å²) in [5.41, 5.74) is 1.15. The molecule has 3 aromatic rings. The summed E-state index contributed by atoms with van der Waals surface area (Å²) in [5, 5.41) is 3.06. The molecule has 0 atom stereocenters. The SMILES string of the molecule is Cc1nccn1-c1ccc(NC(=O)C2(c3ccccc3)CCOCC2)cn1. The summed E-state index contributed by atoms with van der Waals surface area (Å²) in [7, 11) is 0. The molecule has 138 valence electrons. The number of hydrogen-bond acceptors (Lipinski definition) is 4. The second-order valence-corrected chi connectivity index (χ2v) is 6.76. The molecule has 0 bridgehead atoms. The Morgan fingerprint density at radius 1 is 1.11 bits per heavy atom. The predicted octanol–water partition coefficient (Wildman–Crippen LogP) is 3.26. The van der Waals surface area contributed by atoms with Crippen molar-refractivity contribution in [3.05, 3.63) is 72.4 Å². The fourth-order valence-electron chi connectivity index (χ4n) is 3.60. The maximum Gasteiger partial charge on any atom is 0.235 e. The summed E-state index contributed by atoms with van der Waals surface area (Å²) in [6.45, 7) is 3.09. The highest BCUT2D eigenvalue weighted by molar-refractivity contribution is 5.99. The van der Waals surface area contributed by atoms with Gasteiger partial charge in [0.05, 0.1) is 17.3 Å². The standard InChI is InChI=1S/C21H22N4O2/c1-16-22-11-12-25(16)19-8-7-18(15-23-19)24-20(26)21(9-13-27-14-10-21)17-5-3-2-4-6-17/h2-8,11-12,15H,9-10,13-14H2,1H3,(H,24,26). The van der Waals surface area contributed by atoms with Crippen LogP contribution in [0.15, 0.2) is 61.1 Å². The highest BCUT2D eigenvalue weighted by Gasteiger charge is 2.41. The lowest BCUT2D eigenvalue weighted by atomic mass is 9.73. The van der Waals surface area contributed by atoms with Gasteiger partial charge in [0.15, 0.2) is 0 Å². The largest absolute Gasteiger partial charge is 0.381 e. The predicted molar refractivity (Wildman–Crippen MR) is 103 cm³/mol. The number of imidazole rings is 1. The van der Waals surface area contributed by atoms with E-state index in [1.165, 1.54) is 0 Å². The molecule has 1 aliphatic rings. The van der Waals surface area contributed by atoms with Crippen LogP contribution in [0.3, 0.4) is 0 Å². The average Bonchev–Trinajstić information content (AvgIpc) is 3.15. The number of ether oxygens (including phenoxy) is 1. The van der Waals surface area contributed by atoms with Gasteiger partial charge in [-0.15, -0.1) is 0 Å². The van der Waals surface area contributed by atoms with E-state index >= 15 is 0 Å². The summed E-state index contributed by atoms with van der Waals surface area (Å²) in [6, 6.07) is 13.7. The second-order valence-electron chi connectivity index (χ2n) is 6.76. The van der Waals surface area contributed by atoms with Gasteiger partial charge < -0.3 is 10.1 Å².